The molecule has 0 aliphatic carbocycles. The topological polar surface area (TPSA) is 50.8 Å². The number of carbonyl (C=O) groups excluding carboxylic acids is 1. The average Bonchev–Trinajstić information content (AvgIpc) is 2.92. The fourth-order valence-electron chi connectivity index (χ4n) is 5.01. The number of hydrogen-bond donors (Lipinski definition) is 1. The first-order valence-electron chi connectivity index (χ1n) is 12.5. The Kier molecular flexibility index (Phi) is 7.19. The van der Waals surface area contributed by atoms with Gasteiger partial charge in [0, 0.05) is 12.6 Å². The number of para-hydroxylation sites is 2. The van der Waals surface area contributed by atoms with Gasteiger partial charge < -0.3 is 19.7 Å². The molecule has 0 aromatic heterocycles. The molecule has 5 nitrogen and oxygen atoms in total. The predicted octanol–water partition coefficient (Wildman–Crippen LogP) is 6.13. The molecule has 1 unspecified atom stereocenters. The average molecular weight is 481 g/mol. The lowest BCUT2D eigenvalue weighted by molar-refractivity contribution is 0.0600. The molecule has 1 aliphatic rings. The lowest BCUT2D eigenvalue weighted by Gasteiger charge is -2.36. The molecule has 0 saturated carbocycles. The van der Waals surface area contributed by atoms with Gasteiger partial charge in [-0.05, 0) is 66.1 Å². The van der Waals surface area contributed by atoms with Crippen molar-refractivity contribution in [3.63, 3.8) is 0 Å². The van der Waals surface area contributed by atoms with Crippen LogP contribution in [0.25, 0.3) is 10.8 Å². The zero-order valence-corrected chi connectivity index (χ0v) is 20.8. The molecule has 0 fully saturated rings. The Bertz CT molecular complexity index is 1350. The maximum atomic E-state index is 12.0. The van der Waals surface area contributed by atoms with E-state index in [9.17, 15) is 4.79 Å². The highest BCUT2D eigenvalue weighted by Crippen LogP contribution is 2.35. The molecule has 4 aromatic carbocycles. The lowest BCUT2D eigenvalue weighted by atomic mass is 9.99. The number of rotatable bonds is 8. The Labute approximate surface area is 212 Å². The summed E-state index contributed by atoms with van der Waals surface area (Å²) in [6, 6.07) is 31.1. The van der Waals surface area contributed by atoms with Crippen LogP contribution in [0.3, 0.4) is 0 Å². The van der Waals surface area contributed by atoms with Crippen molar-refractivity contribution >= 4 is 22.4 Å². The van der Waals surface area contributed by atoms with Gasteiger partial charge in [-0.3, -0.25) is 0 Å². The number of carbonyl (C=O) groups is 1. The number of fused-ring (bicyclic) bond motifs is 2. The normalized spacial score (nSPS) is 15.7. The molecule has 1 aliphatic heterocycles. The maximum Gasteiger partial charge on any atom is 0.337 e. The summed E-state index contributed by atoms with van der Waals surface area (Å²) >= 11 is 0. The quantitative estimate of drug-likeness (QED) is 0.307. The molecule has 1 heterocycles. The van der Waals surface area contributed by atoms with E-state index < -0.39 is 0 Å². The van der Waals surface area contributed by atoms with E-state index in [0.717, 1.165) is 36.5 Å². The van der Waals surface area contributed by atoms with Gasteiger partial charge in [0.15, 0.2) is 0 Å². The molecule has 2 atom stereocenters. The Morgan fingerprint density at radius 3 is 2.69 bits per heavy atom. The van der Waals surface area contributed by atoms with Gasteiger partial charge in [0.2, 0.25) is 0 Å². The van der Waals surface area contributed by atoms with Gasteiger partial charge in [-0.1, -0.05) is 66.7 Å². The molecule has 184 valence electrons. The molecular formula is C31H32N2O3. The zero-order chi connectivity index (χ0) is 24.9. The predicted molar refractivity (Wildman–Crippen MR) is 145 cm³/mol. The number of nitrogens with one attached hydrogen (secondary N) is 1. The summed E-state index contributed by atoms with van der Waals surface area (Å²) in [5, 5.41) is 6.26. The number of benzene rings is 4. The summed E-state index contributed by atoms with van der Waals surface area (Å²) in [5.41, 5.74) is 4.03. The third-order valence-corrected chi connectivity index (χ3v) is 6.85. The van der Waals surface area contributed by atoms with Crippen LogP contribution < -0.4 is 15.0 Å². The van der Waals surface area contributed by atoms with Crippen LogP contribution in [0.15, 0.2) is 91.0 Å². The second-order valence-electron chi connectivity index (χ2n) is 9.31. The zero-order valence-electron chi connectivity index (χ0n) is 20.8. The molecule has 5 rings (SSSR count). The smallest absolute Gasteiger partial charge is 0.337 e. The standard InChI is InChI=1S/C31H32N2O3/c1-22(27-14-8-11-24-10-3-4-13-28(24)27)32-18-17-26-21-33(29-15-5-6-16-30(29)36-26)20-23-9-7-12-25(19-23)31(34)35-2/h3-16,19,22,26,32H,17-18,20-21H2,1-2H3/t22-,26?/m1/s1. The van der Waals surface area contributed by atoms with Crippen molar-refractivity contribution < 1.29 is 14.3 Å². The summed E-state index contributed by atoms with van der Waals surface area (Å²) in [6.45, 7) is 4.55. The monoisotopic (exact) mass is 480 g/mol. The van der Waals surface area contributed by atoms with Crippen LogP contribution in [0.2, 0.25) is 0 Å². The summed E-state index contributed by atoms with van der Waals surface area (Å²) in [6.07, 6.45) is 0.957. The molecule has 0 radical (unpaired) electrons. The van der Waals surface area contributed by atoms with E-state index in [1.807, 2.05) is 36.4 Å². The molecule has 1 N–H and O–H groups in total. The van der Waals surface area contributed by atoms with Crippen molar-refractivity contribution in [1.29, 1.82) is 0 Å². The largest absolute Gasteiger partial charge is 0.486 e. The minimum absolute atomic E-state index is 0.0657. The lowest BCUT2D eigenvalue weighted by Crippen LogP contribution is -2.41. The Morgan fingerprint density at radius 2 is 1.81 bits per heavy atom. The first kappa shape index (κ1) is 23.9. The molecule has 5 heteroatoms. The molecular weight excluding hydrogens is 448 g/mol. The van der Waals surface area contributed by atoms with E-state index in [-0.39, 0.29) is 18.1 Å². The van der Waals surface area contributed by atoms with Crippen LogP contribution in [0.1, 0.15) is 40.9 Å². The number of hydrogen-bond acceptors (Lipinski definition) is 5. The van der Waals surface area contributed by atoms with Crippen molar-refractivity contribution in [3.05, 3.63) is 108 Å². The van der Waals surface area contributed by atoms with E-state index in [4.69, 9.17) is 9.47 Å². The molecule has 4 aromatic rings. The van der Waals surface area contributed by atoms with Crippen LogP contribution in [-0.2, 0) is 11.3 Å². The maximum absolute atomic E-state index is 12.0. The van der Waals surface area contributed by atoms with Gasteiger partial charge in [0.1, 0.15) is 11.9 Å². The number of anilines is 1. The first-order chi connectivity index (χ1) is 17.6. The van der Waals surface area contributed by atoms with Crippen LogP contribution >= 0.6 is 0 Å². The fraction of sp³-hybridized carbons (Fsp3) is 0.258. The SMILES string of the molecule is COC(=O)c1cccc(CN2CC(CCN[C@H](C)c3cccc4ccccc34)Oc3ccccc32)c1. The fourth-order valence-corrected chi connectivity index (χ4v) is 5.01. The highest BCUT2D eigenvalue weighted by atomic mass is 16.5. The van der Waals surface area contributed by atoms with Crippen molar-refractivity contribution in [1.82, 2.24) is 5.32 Å². The van der Waals surface area contributed by atoms with Crippen molar-refractivity contribution in [3.8, 4) is 5.75 Å². The third-order valence-electron chi connectivity index (χ3n) is 6.85. The number of esters is 1. The van der Waals surface area contributed by atoms with Crippen LogP contribution in [0, 0.1) is 0 Å². The summed E-state index contributed by atoms with van der Waals surface area (Å²) in [4.78, 5) is 14.3. The van der Waals surface area contributed by atoms with E-state index in [1.165, 1.54) is 23.4 Å². The second-order valence-corrected chi connectivity index (χ2v) is 9.31. The Balaban J connectivity index is 1.26. The Morgan fingerprint density at radius 1 is 1.03 bits per heavy atom. The van der Waals surface area contributed by atoms with E-state index in [2.05, 4.69) is 65.7 Å². The van der Waals surface area contributed by atoms with Crippen LogP contribution in [0.4, 0.5) is 5.69 Å². The summed E-state index contributed by atoms with van der Waals surface area (Å²) in [5.74, 6) is 0.587. The molecule has 36 heavy (non-hydrogen) atoms. The Hall–Kier alpha value is -3.83. The minimum atomic E-state index is -0.316. The van der Waals surface area contributed by atoms with E-state index >= 15 is 0 Å². The van der Waals surface area contributed by atoms with Crippen LogP contribution in [-0.4, -0.2) is 32.3 Å². The second kappa shape index (κ2) is 10.8. The molecule has 0 spiro atoms. The van der Waals surface area contributed by atoms with Gasteiger partial charge >= 0.3 is 5.97 Å². The molecule has 0 bridgehead atoms. The number of methoxy groups -OCH3 is 1. The summed E-state index contributed by atoms with van der Waals surface area (Å²) < 4.78 is 11.3. The van der Waals surface area contributed by atoms with Crippen molar-refractivity contribution in [2.24, 2.45) is 0 Å². The van der Waals surface area contributed by atoms with Gasteiger partial charge in [0.25, 0.3) is 0 Å². The highest BCUT2D eigenvalue weighted by molar-refractivity contribution is 5.89. The minimum Gasteiger partial charge on any atom is -0.486 e. The van der Waals surface area contributed by atoms with Crippen molar-refractivity contribution in [2.45, 2.75) is 32.0 Å². The number of ether oxygens (including phenoxy) is 2. The summed E-state index contributed by atoms with van der Waals surface area (Å²) in [7, 11) is 1.41. The third kappa shape index (κ3) is 5.21. The van der Waals surface area contributed by atoms with Gasteiger partial charge in [0.05, 0.1) is 24.9 Å². The molecule has 0 saturated heterocycles. The van der Waals surface area contributed by atoms with Gasteiger partial charge in [-0.25, -0.2) is 4.79 Å². The van der Waals surface area contributed by atoms with Gasteiger partial charge in [-0.2, -0.15) is 0 Å². The van der Waals surface area contributed by atoms with Crippen LogP contribution in [0.5, 0.6) is 5.75 Å². The first-order valence-corrected chi connectivity index (χ1v) is 12.5. The number of nitrogens with zero attached hydrogens (tertiary/aromatic N) is 1. The van der Waals surface area contributed by atoms with E-state index in [1.54, 1.807) is 6.07 Å². The van der Waals surface area contributed by atoms with Gasteiger partial charge in [-0.15, -0.1) is 0 Å². The molecule has 0 amide bonds. The highest BCUT2D eigenvalue weighted by Gasteiger charge is 2.25. The van der Waals surface area contributed by atoms with E-state index in [0.29, 0.717) is 12.1 Å². The van der Waals surface area contributed by atoms with Crippen molar-refractivity contribution in [2.75, 3.05) is 25.1 Å².